The lowest BCUT2D eigenvalue weighted by Crippen LogP contribution is -1.96. The predicted molar refractivity (Wildman–Crippen MR) is 48.1 cm³/mol. The van der Waals surface area contributed by atoms with Crippen molar-refractivity contribution < 1.29 is 9.53 Å². The van der Waals surface area contributed by atoms with Gasteiger partial charge in [0.15, 0.2) is 5.75 Å². The summed E-state index contributed by atoms with van der Waals surface area (Å²) >= 11 is 10.7. The third kappa shape index (κ3) is 2.40. The van der Waals surface area contributed by atoms with Crippen LogP contribution in [0.3, 0.4) is 0 Å². The third-order valence-corrected chi connectivity index (χ3v) is 1.67. The van der Waals surface area contributed by atoms with Gasteiger partial charge in [0.05, 0.1) is 5.02 Å². The topological polar surface area (TPSA) is 26.3 Å². The molecule has 0 radical (unpaired) electrons. The van der Waals surface area contributed by atoms with E-state index in [0.29, 0.717) is 5.02 Å². The van der Waals surface area contributed by atoms with Gasteiger partial charge in [-0.05, 0) is 24.6 Å². The maximum absolute atomic E-state index is 10.4. The van der Waals surface area contributed by atoms with Gasteiger partial charge in [-0.25, -0.2) is 4.79 Å². The number of halogens is 2. The normalized spacial score (nSPS) is 9.58. The van der Waals surface area contributed by atoms with E-state index in [0.717, 1.165) is 5.56 Å². The molecular weight excluding hydrogens is 199 g/mol. The first-order valence-electron chi connectivity index (χ1n) is 3.23. The van der Waals surface area contributed by atoms with Gasteiger partial charge in [0, 0.05) is 11.6 Å². The Morgan fingerprint density at radius 2 is 2.17 bits per heavy atom. The Bertz CT molecular complexity index is 310. The van der Waals surface area contributed by atoms with E-state index in [-0.39, 0.29) is 5.75 Å². The van der Waals surface area contributed by atoms with Crippen LogP contribution in [0.2, 0.25) is 5.02 Å². The molecule has 1 aromatic carbocycles. The molecule has 0 unspecified atom stereocenters. The second kappa shape index (κ2) is 3.78. The van der Waals surface area contributed by atoms with E-state index in [4.69, 9.17) is 23.2 Å². The van der Waals surface area contributed by atoms with Gasteiger partial charge in [-0.2, -0.15) is 0 Å². The van der Waals surface area contributed by atoms with Crippen LogP contribution in [0.25, 0.3) is 0 Å². The number of ether oxygens (including phenoxy) is 1. The van der Waals surface area contributed by atoms with Crippen molar-refractivity contribution in [2.75, 3.05) is 0 Å². The molecule has 0 fully saturated rings. The predicted octanol–water partition coefficient (Wildman–Crippen LogP) is 3.39. The molecule has 0 aliphatic rings. The Morgan fingerprint density at radius 1 is 1.50 bits per heavy atom. The highest BCUT2D eigenvalue weighted by atomic mass is 35.5. The zero-order valence-electron chi connectivity index (χ0n) is 6.30. The molecule has 64 valence electrons. The SMILES string of the molecule is Cc1ccc(Cl)c(OC(=O)Cl)c1. The number of hydrogen-bond acceptors (Lipinski definition) is 2. The minimum absolute atomic E-state index is 0.289. The van der Waals surface area contributed by atoms with Gasteiger partial charge >= 0.3 is 5.43 Å². The molecule has 0 bridgehead atoms. The van der Waals surface area contributed by atoms with Crippen LogP contribution in [-0.2, 0) is 0 Å². The molecule has 2 nitrogen and oxygen atoms in total. The van der Waals surface area contributed by atoms with Crippen molar-refractivity contribution in [1.29, 1.82) is 0 Å². The molecule has 0 saturated heterocycles. The fraction of sp³-hybridized carbons (Fsp3) is 0.125. The molecule has 0 atom stereocenters. The molecule has 12 heavy (non-hydrogen) atoms. The first-order chi connectivity index (χ1) is 5.59. The Labute approximate surface area is 80.0 Å². The third-order valence-electron chi connectivity index (χ3n) is 1.28. The van der Waals surface area contributed by atoms with E-state index in [1.54, 1.807) is 12.1 Å². The second-order valence-corrected chi connectivity index (χ2v) is 2.99. The van der Waals surface area contributed by atoms with E-state index in [1.807, 2.05) is 13.0 Å². The standard InChI is InChI=1S/C8H6Cl2O2/c1-5-2-3-6(9)7(4-5)12-8(10)11/h2-4H,1H3. The maximum atomic E-state index is 10.4. The Balaban J connectivity index is 2.97. The molecule has 0 aromatic heterocycles. The zero-order chi connectivity index (χ0) is 9.14. The quantitative estimate of drug-likeness (QED) is 0.656. The average molecular weight is 205 g/mol. The van der Waals surface area contributed by atoms with Gasteiger partial charge in [0.25, 0.3) is 0 Å². The molecule has 0 N–H and O–H groups in total. The number of aryl methyl sites for hydroxylation is 1. The molecule has 0 aliphatic heterocycles. The Morgan fingerprint density at radius 3 is 2.75 bits per heavy atom. The minimum atomic E-state index is -0.887. The van der Waals surface area contributed by atoms with Crippen molar-refractivity contribution in [2.45, 2.75) is 6.92 Å². The lowest BCUT2D eigenvalue weighted by molar-refractivity contribution is 0.225. The van der Waals surface area contributed by atoms with E-state index in [2.05, 4.69) is 4.74 Å². The summed E-state index contributed by atoms with van der Waals surface area (Å²) in [5.41, 5.74) is 0.0646. The molecule has 0 amide bonds. The number of rotatable bonds is 1. The average Bonchev–Trinajstić information content (AvgIpc) is 1.96. The molecule has 0 aliphatic carbocycles. The summed E-state index contributed by atoms with van der Waals surface area (Å²) in [5.74, 6) is 0.289. The maximum Gasteiger partial charge on any atom is 0.409 e. The lowest BCUT2D eigenvalue weighted by Gasteiger charge is -2.02. The monoisotopic (exact) mass is 204 g/mol. The highest BCUT2D eigenvalue weighted by Gasteiger charge is 2.04. The Kier molecular flexibility index (Phi) is 2.95. The summed E-state index contributed by atoms with van der Waals surface area (Å²) in [6, 6.07) is 5.10. The minimum Gasteiger partial charge on any atom is -0.413 e. The first-order valence-corrected chi connectivity index (χ1v) is 3.98. The fourth-order valence-corrected chi connectivity index (χ4v) is 1.01. The molecule has 4 heteroatoms. The zero-order valence-corrected chi connectivity index (χ0v) is 7.82. The smallest absolute Gasteiger partial charge is 0.409 e. The summed E-state index contributed by atoms with van der Waals surface area (Å²) in [6.07, 6.45) is 0. The van der Waals surface area contributed by atoms with Crippen LogP contribution >= 0.6 is 23.2 Å². The van der Waals surface area contributed by atoms with Crippen LogP contribution in [0.15, 0.2) is 18.2 Å². The van der Waals surface area contributed by atoms with Gasteiger partial charge in [-0.1, -0.05) is 17.7 Å². The molecule has 1 aromatic rings. The summed E-state index contributed by atoms with van der Waals surface area (Å²) in [6.45, 7) is 1.86. The van der Waals surface area contributed by atoms with Crippen LogP contribution in [0.5, 0.6) is 5.75 Å². The van der Waals surface area contributed by atoms with Gasteiger partial charge < -0.3 is 4.74 Å². The van der Waals surface area contributed by atoms with Crippen LogP contribution in [0, 0.1) is 6.92 Å². The highest BCUT2D eigenvalue weighted by Crippen LogP contribution is 2.25. The number of benzene rings is 1. The number of carbonyl (C=O) groups excluding carboxylic acids is 1. The molecule has 0 saturated carbocycles. The van der Waals surface area contributed by atoms with Gasteiger partial charge in [0.1, 0.15) is 0 Å². The summed E-state index contributed by atoms with van der Waals surface area (Å²) in [7, 11) is 0. The summed E-state index contributed by atoms with van der Waals surface area (Å²) in [4.78, 5) is 10.4. The number of hydrogen-bond donors (Lipinski definition) is 0. The molecule has 0 spiro atoms. The van der Waals surface area contributed by atoms with Gasteiger partial charge in [-0.3, -0.25) is 0 Å². The highest BCUT2D eigenvalue weighted by molar-refractivity contribution is 6.61. The second-order valence-electron chi connectivity index (χ2n) is 2.27. The van der Waals surface area contributed by atoms with Crippen molar-refractivity contribution in [3.05, 3.63) is 28.8 Å². The van der Waals surface area contributed by atoms with Crippen molar-refractivity contribution in [3.8, 4) is 5.75 Å². The largest absolute Gasteiger partial charge is 0.413 e. The number of carbonyl (C=O) groups is 1. The van der Waals surface area contributed by atoms with Crippen LogP contribution in [-0.4, -0.2) is 5.43 Å². The lowest BCUT2D eigenvalue weighted by atomic mass is 10.2. The molecule has 1 rings (SSSR count). The van der Waals surface area contributed by atoms with Crippen molar-refractivity contribution in [3.63, 3.8) is 0 Å². The molecule has 0 heterocycles. The van der Waals surface area contributed by atoms with Crippen molar-refractivity contribution in [2.24, 2.45) is 0 Å². The fourth-order valence-electron chi connectivity index (χ4n) is 0.775. The summed E-state index contributed by atoms with van der Waals surface area (Å²) in [5, 5.41) is 0.370. The van der Waals surface area contributed by atoms with Gasteiger partial charge in [-0.15, -0.1) is 0 Å². The first kappa shape index (κ1) is 9.36. The van der Waals surface area contributed by atoms with Crippen LogP contribution in [0.4, 0.5) is 4.79 Å². The van der Waals surface area contributed by atoms with Crippen LogP contribution < -0.4 is 4.74 Å². The molecular formula is C8H6Cl2O2. The van der Waals surface area contributed by atoms with Gasteiger partial charge in [0.2, 0.25) is 0 Å². The van der Waals surface area contributed by atoms with Crippen LogP contribution in [0.1, 0.15) is 5.56 Å². The van der Waals surface area contributed by atoms with Crippen molar-refractivity contribution in [1.82, 2.24) is 0 Å². The summed E-state index contributed by atoms with van der Waals surface area (Å²) < 4.78 is 4.62. The van der Waals surface area contributed by atoms with Crippen molar-refractivity contribution >= 4 is 28.6 Å². The van der Waals surface area contributed by atoms with E-state index < -0.39 is 5.43 Å². The Hall–Kier alpha value is -0.730. The van der Waals surface area contributed by atoms with E-state index in [1.165, 1.54) is 0 Å². The van der Waals surface area contributed by atoms with E-state index in [9.17, 15) is 4.79 Å². The van der Waals surface area contributed by atoms with E-state index >= 15 is 0 Å².